The van der Waals surface area contributed by atoms with Crippen LogP contribution in [0.15, 0.2) is 61.1 Å². The molecule has 0 saturated carbocycles. The minimum Gasteiger partial charge on any atom is -0.496 e. The summed E-state index contributed by atoms with van der Waals surface area (Å²) >= 11 is 0. The predicted octanol–water partition coefficient (Wildman–Crippen LogP) is 5.45. The van der Waals surface area contributed by atoms with E-state index in [1.807, 2.05) is 25.1 Å². The Bertz CT molecular complexity index is 1200. The summed E-state index contributed by atoms with van der Waals surface area (Å²) in [7, 11) is 1.54. The highest BCUT2D eigenvalue weighted by Gasteiger charge is 2.30. The van der Waals surface area contributed by atoms with Gasteiger partial charge in [-0.3, -0.25) is 9.97 Å². The normalized spacial score (nSPS) is 11.4. The molecule has 9 heteroatoms. The number of hydrogen-bond acceptors (Lipinski definition) is 5. The summed E-state index contributed by atoms with van der Waals surface area (Å²) in [6.45, 7) is 1.94. The third-order valence-corrected chi connectivity index (χ3v) is 4.75. The fourth-order valence-electron chi connectivity index (χ4n) is 3.02. The molecule has 6 nitrogen and oxygen atoms in total. The smallest absolute Gasteiger partial charge is 0.417 e. The molecule has 0 bridgehead atoms. The summed E-state index contributed by atoms with van der Waals surface area (Å²) in [6.07, 6.45) is -0.0973. The van der Waals surface area contributed by atoms with Crippen LogP contribution in [-0.2, 0) is 12.8 Å². The molecule has 1 aromatic carbocycles. The molecule has 0 saturated heterocycles. The lowest BCUT2D eigenvalue weighted by Crippen LogP contribution is -2.06. The number of alkyl halides is 3. The minimum atomic E-state index is -4.42. The zero-order valence-corrected chi connectivity index (χ0v) is 17.3. The Morgan fingerprint density at radius 1 is 1.00 bits per heavy atom. The van der Waals surface area contributed by atoms with Crippen LogP contribution in [0, 0.1) is 6.92 Å². The number of ether oxygens (including phenoxy) is 2. The van der Waals surface area contributed by atoms with Crippen LogP contribution in [0.2, 0.25) is 0 Å². The molecule has 4 aromatic rings. The fraction of sp³-hybridized carbons (Fsp3) is 0.174. The lowest BCUT2D eigenvalue weighted by atomic mass is 10.1. The molecular formula is C23H19F3N4O2. The van der Waals surface area contributed by atoms with E-state index in [1.54, 1.807) is 24.5 Å². The number of rotatable bonds is 6. The second-order valence-electron chi connectivity index (χ2n) is 7.01. The third-order valence-electron chi connectivity index (χ3n) is 4.75. The second-order valence-corrected chi connectivity index (χ2v) is 7.01. The highest BCUT2D eigenvalue weighted by atomic mass is 19.4. The summed E-state index contributed by atoms with van der Waals surface area (Å²) in [5.41, 5.74) is 2.81. The largest absolute Gasteiger partial charge is 0.496 e. The Morgan fingerprint density at radius 2 is 1.84 bits per heavy atom. The first-order chi connectivity index (χ1) is 15.3. The fourth-order valence-corrected chi connectivity index (χ4v) is 3.02. The van der Waals surface area contributed by atoms with Gasteiger partial charge in [0.15, 0.2) is 0 Å². The van der Waals surface area contributed by atoms with Gasteiger partial charge in [0.25, 0.3) is 0 Å². The Balaban J connectivity index is 1.49. The first kappa shape index (κ1) is 21.4. The Kier molecular flexibility index (Phi) is 5.81. The molecule has 1 N–H and O–H groups in total. The van der Waals surface area contributed by atoms with Gasteiger partial charge >= 0.3 is 6.18 Å². The lowest BCUT2D eigenvalue weighted by Gasteiger charge is -2.11. The average molecular weight is 440 g/mol. The topological polar surface area (TPSA) is 72.9 Å². The molecule has 3 aromatic heterocycles. The zero-order chi connectivity index (χ0) is 22.7. The maximum absolute atomic E-state index is 12.6. The molecule has 0 radical (unpaired) electrons. The van der Waals surface area contributed by atoms with Crippen LogP contribution in [0.4, 0.5) is 13.2 Å². The predicted molar refractivity (Wildman–Crippen MR) is 112 cm³/mol. The summed E-state index contributed by atoms with van der Waals surface area (Å²) in [4.78, 5) is 15.9. The Morgan fingerprint density at radius 3 is 2.50 bits per heavy atom. The van der Waals surface area contributed by atoms with Gasteiger partial charge in [0.1, 0.15) is 23.9 Å². The number of H-pyrrole nitrogens is 1. The highest BCUT2D eigenvalue weighted by Crippen LogP contribution is 2.34. The number of nitrogens with zero attached hydrogens (tertiary/aromatic N) is 3. The summed E-state index contributed by atoms with van der Waals surface area (Å²) < 4.78 is 49.1. The third kappa shape index (κ3) is 4.72. The number of benzene rings is 1. The van der Waals surface area contributed by atoms with Crippen molar-refractivity contribution in [3.63, 3.8) is 0 Å². The Hall–Kier alpha value is -3.88. The van der Waals surface area contributed by atoms with Crippen molar-refractivity contribution < 1.29 is 22.6 Å². The van der Waals surface area contributed by atoms with E-state index in [1.165, 1.54) is 13.2 Å². The molecule has 0 aliphatic heterocycles. The van der Waals surface area contributed by atoms with E-state index in [-0.39, 0.29) is 6.61 Å². The average Bonchev–Trinajstić information content (AvgIpc) is 3.27. The SMILES string of the molecule is COc1cc(OCc2ccc(C(F)(F)F)cn2)ccc1-c1c[nH]c(-c2ccc(C)nc2)n1. The van der Waals surface area contributed by atoms with E-state index in [4.69, 9.17) is 9.47 Å². The molecule has 164 valence electrons. The Labute approximate surface area is 182 Å². The number of pyridine rings is 2. The zero-order valence-electron chi connectivity index (χ0n) is 17.3. The van der Waals surface area contributed by atoms with Crippen molar-refractivity contribution in [1.29, 1.82) is 0 Å². The van der Waals surface area contributed by atoms with Gasteiger partial charge in [0.05, 0.1) is 24.1 Å². The van der Waals surface area contributed by atoms with Crippen molar-refractivity contribution in [3.8, 4) is 34.1 Å². The number of aromatic amines is 1. The van der Waals surface area contributed by atoms with E-state index < -0.39 is 11.7 Å². The first-order valence-electron chi connectivity index (χ1n) is 9.65. The number of methoxy groups -OCH3 is 1. The number of hydrogen-bond donors (Lipinski definition) is 1. The molecule has 32 heavy (non-hydrogen) atoms. The maximum Gasteiger partial charge on any atom is 0.417 e. The maximum atomic E-state index is 12.6. The van der Waals surface area contributed by atoms with Crippen LogP contribution in [0.1, 0.15) is 17.0 Å². The lowest BCUT2D eigenvalue weighted by molar-refractivity contribution is -0.137. The molecule has 3 heterocycles. The molecule has 0 aliphatic rings. The molecule has 4 rings (SSSR count). The van der Waals surface area contributed by atoms with E-state index >= 15 is 0 Å². The van der Waals surface area contributed by atoms with Crippen LogP contribution in [0.5, 0.6) is 11.5 Å². The number of aromatic nitrogens is 4. The van der Waals surface area contributed by atoms with Gasteiger partial charge in [-0.25, -0.2) is 4.98 Å². The number of imidazole rings is 1. The van der Waals surface area contributed by atoms with Gasteiger partial charge in [-0.05, 0) is 43.3 Å². The summed E-state index contributed by atoms with van der Waals surface area (Å²) in [5.74, 6) is 1.72. The van der Waals surface area contributed by atoms with Crippen LogP contribution in [0.3, 0.4) is 0 Å². The van der Waals surface area contributed by atoms with E-state index in [0.29, 0.717) is 28.7 Å². The molecule has 0 unspecified atom stereocenters. The quantitative estimate of drug-likeness (QED) is 0.432. The van der Waals surface area contributed by atoms with Crippen molar-refractivity contribution >= 4 is 0 Å². The van der Waals surface area contributed by atoms with Gasteiger partial charge in [-0.15, -0.1) is 0 Å². The van der Waals surface area contributed by atoms with E-state index in [2.05, 4.69) is 19.9 Å². The van der Waals surface area contributed by atoms with Crippen LogP contribution < -0.4 is 9.47 Å². The molecule has 0 amide bonds. The molecular weight excluding hydrogens is 421 g/mol. The van der Waals surface area contributed by atoms with Gasteiger partial charge in [-0.1, -0.05) is 0 Å². The molecule has 0 aliphatic carbocycles. The number of aryl methyl sites for hydroxylation is 1. The van der Waals surface area contributed by atoms with Crippen molar-refractivity contribution in [3.05, 3.63) is 78.0 Å². The van der Waals surface area contributed by atoms with E-state index in [9.17, 15) is 13.2 Å². The molecule has 0 spiro atoms. The highest BCUT2D eigenvalue weighted by molar-refractivity contribution is 5.70. The number of halogens is 3. The van der Waals surface area contributed by atoms with Crippen molar-refractivity contribution in [2.45, 2.75) is 19.7 Å². The number of nitrogens with one attached hydrogen (secondary N) is 1. The monoisotopic (exact) mass is 440 g/mol. The van der Waals surface area contributed by atoms with E-state index in [0.717, 1.165) is 29.1 Å². The molecule has 0 fully saturated rings. The minimum absolute atomic E-state index is 0.0214. The van der Waals surface area contributed by atoms with Crippen LogP contribution in [-0.4, -0.2) is 27.0 Å². The molecule has 0 atom stereocenters. The van der Waals surface area contributed by atoms with Crippen molar-refractivity contribution in [2.24, 2.45) is 0 Å². The van der Waals surface area contributed by atoms with Gasteiger partial charge in [0.2, 0.25) is 0 Å². The summed E-state index contributed by atoms with van der Waals surface area (Å²) in [5, 5.41) is 0. The van der Waals surface area contributed by atoms with Crippen molar-refractivity contribution in [1.82, 2.24) is 19.9 Å². The van der Waals surface area contributed by atoms with Crippen LogP contribution in [0.25, 0.3) is 22.6 Å². The van der Waals surface area contributed by atoms with Gasteiger partial charge < -0.3 is 14.5 Å². The van der Waals surface area contributed by atoms with Crippen LogP contribution >= 0.6 is 0 Å². The van der Waals surface area contributed by atoms with Gasteiger partial charge in [0, 0.05) is 41.5 Å². The summed E-state index contributed by atoms with van der Waals surface area (Å²) in [6, 6.07) is 11.4. The standard InChI is InChI=1S/C23H19F3N4O2/c1-14-3-4-15(10-27-14)22-29-12-20(30-22)19-8-7-18(9-21(19)31-2)32-13-17-6-5-16(11-28-17)23(24,25)26/h3-12H,13H2,1-2H3,(H,29,30). The van der Waals surface area contributed by atoms with Gasteiger partial charge in [-0.2, -0.15) is 13.2 Å². The first-order valence-corrected chi connectivity index (χ1v) is 9.65. The second kappa shape index (κ2) is 8.70. The van der Waals surface area contributed by atoms with Crippen molar-refractivity contribution in [2.75, 3.05) is 7.11 Å².